The van der Waals surface area contributed by atoms with Gasteiger partial charge in [0.2, 0.25) is 5.95 Å². The van der Waals surface area contributed by atoms with Crippen molar-refractivity contribution in [1.29, 1.82) is 0 Å². The van der Waals surface area contributed by atoms with E-state index in [4.69, 9.17) is 4.52 Å². The zero-order chi connectivity index (χ0) is 18.6. The predicted molar refractivity (Wildman–Crippen MR) is 102 cm³/mol. The first-order valence-corrected chi connectivity index (χ1v) is 9.81. The van der Waals surface area contributed by atoms with Gasteiger partial charge in [0.1, 0.15) is 11.6 Å². The second-order valence-electron chi connectivity index (χ2n) is 7.21. The smallest absolute Gasteiger partial charge is 0.273 e. The van der Waals surface area contributed by atoms with Crippen LogP contribution in [0.5, 0.6) is 0 Å². The number of hydrogen-bond acceptors (Lipinski definition) is 7. The van der Waals surface area contributed by atoms with Crippen LogP contribution in [0, 0.1) is 6.92 Å². The fourth-order valence-electron chi connectivity index (χ4n) is 3.74. The standard InChI is InChI=1S/C19H26N6O2/c1-13-12-16(25-10-4-5-11-25)23-19(22-13)21-9-8-20-18(26)17-14-6-2-3-7-15(14)27-24-17/h12H,2-11H2,1H3,(H,20,26)(H,21,22,23). The molecule has 1 aliphatic heterocycles. The Kier molecular flexibility index (Phi) is 5.22. The van der Waals surface area contributed by atoms with Crippen LogP contribution in [0.25, 0.3) is 0 Å². The van der Waals surface area contributed by atoms with Crippen LogP contribution < -0.4 is 15.5 Å². The fourth-order valence-corrected chi connectivity index (χ4v) is 3.74. The third-order valence-corrected chi connectivity index (χ3v) is 5.13. The number of hydrogen-bond donors (Lipinski definition) is 2. The molecule has 1 aliphatic carbocycles. The zero-order valence-corrected chi connectivity index (χ0v) is 15.8. The molecule has 8 heteroatoms. The lowest BCUT2D eigenvalue weighted by Crippen LogP contribution is -2.30. The number of nitrogens with one attached hydrogen (secondary N) is 2. The second kappa shape index (κ2) is 7.94. The number of carbonyl (C=O) groups is 1. The Hall–Kier alpha value is -2.64. The first-order chi connectivity index (χ1) is 13.2. The van der Waals surface area contributed by atoms with Crippen LogP contribution >= 0.6 is 0 Å². The summed E-state index contributed by atoms with van der Waals surface area (Å²) in [5.74, 6) is 2.27. The molecule has 2 aromatic heterocycles. The van der Waals surface area contributed by atoms with E-state index in [1.54, 1.807) is 0 Å². The number of aryl methyl sites for hydroxylation is 2. The van der Waals surface area contributed by atoms with Gasteiger partial charge in [0, 0.05) is 49.9 Å². The maximum absolute atomic E-state index is 12.4. The van der Waals surface area contributed by atoms with Crippen LogP contribution in [0.4, 0.5) is 11.8 Å². The Balaban J connectivity index is 1.30. The molecule has 1 amide bonds. The van der Waals surface area contributed by atoms with Crippen molar-refractivity contribution >= 4 is 17.7 Å². The molecule has 0 radical (unpaired) electrons. The van der Waals surface area contributed by atoms with Gasteiger partial charge in [-0.1, -0.05) is 5.16 Å². The van der Waals surface area contributed by atoms with E-state index in [0.717, 1.165) is 61.6 Å². The molecule has 0 unspecified atom stereocenters. The molecule has 2 N–H and O–H groups in total. The number of fused-ring (bicyclic) bond motifs is 1. The van der Waals surface area contributed by atoms with Gasteiger partial charge in [0.05, 0.1) is 0 Å². The summed E-state index contributed by atoms with van der Waals surface area (Å²) in [5.41, 5.74) is 2.35. The summed E-state index contributed by atoms with van der Waals surface area (Å²) >= 11 is 0. The molecule has 0 bridgehead atoms. The Morgan fingerprint density at radius 1 is 1.15 bits per heavy atom. The average Bonchev–Trinajstić information content (AvgIpc) is 3.34. The van der Waals surface area contributed by atoms with Crippen molar-refractivity contribution in [2.45, 2.75) is 45.4 Å². The minimum Gasteiger partial charge on any atom is -0.360 e. The molecule has 27 heavy (non-hydrogen) atoms. The second-order valence-corrected chi connectivity index (χ2v) is 7.21. The van der Waals surface area contributed by atoms with E-state index in [0.29, 0.717) is 24.7 Å². The van der Waals surface area contributed by atoms with E-state index in [-0.39, 0.29) is 5.91 Å². The molecule has 2 aliphatic rings. The predicted octanol–water partition coefficient (Wildman–Crippen LogP) is 2.09. The molecule has 1 fully saturated rings. The molecular weight excluding hydrogens is 344 g/mol. The van der Waals surface area contributed by atoms with Crippen LogP contribution in [-0.4, -0.2) is 47.2 Å². The van der Waals surface area contributed by atoms with E-state index < -0.39 is 0 Å². The summed E-state index contributed by atoms with van der Waals surface area (Å²) in [6.07, 6.45) is 6.35. The Bertz CT molecular complexity index is 813. The Labute approximate surface area is 158 Å². The third-order valence-electron chi connectivity index (χ3n) is 5.13. The first kappa shape index (κ1) is 17.8. The molecule has 3 heterocycles. The minimum atomic E-state index is -0.174. The van der Waals surface area contributed by atoms with Gasteiger partial charge in [0.25, 0.3) is 5.91 Å². The molecule has 2 aromatic rings. The monoisotopic (exact) mass is 370 g/mol. The van der Waals surface area contributed by atoms with Crippen LogP contribution in [0.2, 0.25) is 0 Å². The maximum atomic E-state index is 12.4. The lowest BCUT2D eigenvalue weighted by molar-refractivity contribution is 0.0945. The summed E-state index contributed by atoms with van der Waals surface area (Å²) in [6, 6.07) is 2.02. The van der Waals surface area contributed by atoms with E-state index >= 15 is 0 Å². The number of anilines is 2. The van der Waals surface area contributed by atoms with Crippen molar-refractivity contribution in [1.82, 2.24) is 20.4 Å². The van der Waals surface area contributed by atoms with Crippen LogP contribution in [0.15, 0.2) is 10.6 Å². The lowest BCUT2D eigenvalue weighted by atomic mass is 9.96. The summed E-state index contributed by atoms with van der Waals surface area (Å²) in [5, 5.41) is 10.1. The van der Waals surface area contributed by atoms with E-state index in [2.05, 4.69) is 30.7 Å². The molecule has 0 saturated carbocycles. The molecule has 0 spiro atoms. The van der Waals surface area contributed by atoms with Gasteiger partial charge in [0.15, 0.2) is 5.69 Å². The Morgan fingerprint density at radius 3 is 2.81 bits per heavy atom. The highest BCUT2D eigenvalue weighted by molar-refractivity contribution is 5.93. The van der Waals surface area contributed by atoms with Gasteiger partial charge in [-0.3, -0.25) is 4.79 Å². The quantitative estimate of drug-likeness (QED) is 0.752. The van der Waals surface area contributed by atoms with Gasteiger partial charge >= 0.3 is 0 Å². The molecule has 0 aromatic carbocycles. The number of nitrogens with zero attached hydrogens (tertiary/aromatic N) is 4. The molecule has 1 saturated heterocycles. The lowest BCUT2D eigenvalue weighted by Gasteiger charge is -2.17. The van der Waals surface area contributed by atoms with Crippen LogP contribution in [0.3, 0.4) is 0 Å². The molecular formula is C19H26N6O2. The van der Waals surface area contributed by atoms with Crippen molar-refractivity contribution < 1.29 is 9.32 Å². The van der Waals surface area contributed by atoms with Crippen LogP contribution in [0.1, 0.15) is 53.2 Å². The van der Waals surface area contributed by atoms with Crippen molar-refractivity contribution in [3.8, 4) is 0 Å². The molecule has 144 valence electrons. The van der Waals surface area contributed by atoms with Gasteiger partial charge in [-0.05, 0) is 39.0 Å². The molecule has 4 rings (SSSR count). The van der Waals surface area contributed by atoms with Crippen molar-refractivity contribution in [2.24, 2.45) is 0 Å². The number of aromatic nitrogens is 3. The Morgan fingerprint density at radius 2 is 1.96 bits per heavy atom. The summed E-state index contributed by atoms with van der Waals surface area (Å²) < 4.78 is 5.31. The first-order valence-electron chi connectivity index (χ1n) is 9.81. The fraction of sp³-hybridized carbons (Fsp3) is 0.579. The highest BCUT2D eigenvalue weighted by Crippen LogP contribution is 2.24. The zero-order valence-electron chi connectivity index (χ0n) is 15.8. The normalized spacial score (nSPS) is 16.3. The summed E-state index contributed by atoms with van der Waals surface area (Å²) in [6.45, 7) is 5.09. The SMILES string of the molecule is Cc1cc(N2CCCC2)nc(NCCNC(=O)c2noc3c2CCCC3)n1. The summed E-state index contributed by atoms with van der Waals surface area (Å²) in [4.78, 5) is 23.7. The van der Waals surface area contributed by atoms with E-state index in [1.807, 2.05) is 13.0 Å². The topological polar surface area (TPSA) is 96.2 Å². The van der Waals surface area contributed by atoms with Crippen LogP contribution in [-0.2, 0) is 12.8 Å². The van der Waals surface area contributed by atoms with Crippen molar-refractivity contribution in [3.05, 3.63) is 28.8 Å². The third kappa shape index (κ3) is 4.04. The minimum absolute atomic E-state index is 0.174. The maximum Gasteiger partial charge on any atom is 0.273 e. The van der Waals surface area contributed by atoms with Gasteiger partial charge in [-0.2, -0.15) is 4.98 Å². The van der Waals surface area contributed by atoms with Gasteiger partial charge in [-0.25, -0.2) is 4.98 Å². The highest BCUT2D eigenvalue weighted by Gasteiger charge is 2.23. The number of carbonyl (C=O) groups excluding carboxylic acids is 1. The van der Waals surface area contributed by atoms with Crippen molar-refractivity contribution in [2.75, 3.05) is 36.4 Å². The number of rotatable bonds is 6. The summed E-state index contributed by atoms with van der Waals surface area (Å²) in [7, 11) is 0. The number of amides is 1. The largest absolute Gasteiger partial charge is 0.360 e. The molecule has 0 atom stereocenters. The van der Waals surface area contributed by atoms with Gasteiger partial charge < -0.3 is 20.1 Å². The van der Waals surface area contributed by atoms with Gasteiger partial charge in [-0.15, -0.1) is 0 Å². The average molecular weight is 370 g/mol. The van der Waals surface area contributed by atoms with E-state index in [9.17, 15) is 4.79 Å². The molecule has 8 nitrogen and oxygen atoms in total. The van der Waals surface area contributed by atoms with Crippen molar-refractivity contribution in [3.63, 3.8) is 0 Å². The van der Waals surface area contributed by atoms with E-state index in [1.165, 1.54) is 12.8 Å². The highest BCUT2D eigenvalue weighted by atomic mass is 16.5.